The fourth-order valence-electron chi connectivity index (χ4n) is 7.08. The Balaban J connectivity index is 1.36. The van der Waals surface area contributed by atoms with Crippen molar-refractivity contribution < 1.29 is 13.5 Å². The lowest BCUT2D eigenvalue weighted by atomic mass is 9.95. The van der Waals surface area contributed by atoms with Gasteiger partial charge in [0.2, 0.25) is 0 Å². The first-order chi connectivity index (χ1) is 19.4. The van der Waals surface area contributed by atoms with Crippen LogP contribution in [0.15, 0.2) is 36.5 Å². The SMILES string of the molecule is Cc1c(F)ccc2cccc(-c3ncc4c(N(C)C5CCNC5)nc(OCC56CCCN5CCC6)nc4c3F)c12. The molecule has 0 radical (unpaired) electrons. The Morgan fingerprint density at radius 2 is 1.95 bits per heavy atom. The molecule has 3 aliphatic heterocycles. The summed E-state index contributed by atoms with van der Waals surface area (Å²) in [6.07, 6.45) is 7.14. The third-order valence-electron chi connectivity index (χ3n) is 9.34. The highest BCUT2D eigenvalue weighted by Crippen LogP contribution is 2.40. The largest absolute Gasteiger partial charge is 0.461 e. The molecule has 40 heavy (non-hydrogen) atoms. The molecule has 2 aromatic carbocycles. The molecular formula is C31H34F2N6O. The number of aromatic nitrogens is 3. The number of aryl methyl sites for hydroxylation is 1. The minimum atomic E-state index is -0.554. The van der Waals surface area contributed by atoms with Crippen LogP contribution in [-0.2, 0) is 0 Å². The maximum absolute atomic E-state index is 16.5. The van der Waals surface area contributed by atoms with Gasteiger partial charge < -0.3 is 15.0 Å². The number of rotatable bonds is 6. The van der Waals surface area contributed by atoms with E-state index < -0.39 is 5.82 Å². The molecular weight excluding hydrogens is 510 g/mol. The number of hydrogen-bond acceptors (Lipinski definition) is 7. The van der Waals surface area contributed by atoms with Gasteiger partial charge in [0.15, 0.2) is 5.82 Å². The van der Waals surface area contributed by atoms with Gasteiger partial charge in [-0.2, -0.15) is 9.97 Å². The zero-order valence-corrected chi connectivity index (χ0v) is 23.0. The van der Waals surface area contributed by atoms with E-state index in [1.807, 2.05) is 19.2 Å². The topological polar surface area (TPSA) is 66.4 Å². The smallest absolute Gasteiger partial charge is 0.319 e. The van der Waals surface area contributed by atoms with Crippen LogP contribution in [0.2, 0.25) is 0 Å². The Morgan fingerprint density at radius 1 is 1.12 bits per heavy atom. The molecule has 5 heterocycles. The zero-order valence-electron chi connectivity index (χ0n) is 23.0. The second-order valence-electron chi connectivity index (χ2n) is 11.6. The van der Waals surface area contributed by atoms with Crippen LogP contribution < -0.4 is 15.0 Å². The van der Waals surface area contributed by atoms with E-state index in [-0.39, 0.29) is 34.6 Å². The number of likely N-dealkylation sites (N-methyl/N-ethyl adjacent to an activating group) is 1. The number of fused-ring (bicyclic) bond motifs is 3. The average Bonchev–Trinajstić information content (AvgIpc) is 3.72. The van der Waals surface area contributed by atoms with Crippen molar-refractivity contribution in [2.24, 2.45) is 0 Å². The molecule has 1 unspecified atom stereocenters. The summed E-state index contributed by atoms with van der Waals surface area (Å²) >= 11 is 0. The molecule has 2 aromatic heterocycles. The summed E-state index contributed by atoms with van der Waals surface area (Å²) in [7, 11) is 1.99. The Labute approximate surface area is 232 Å². The van der Waals surface area contributed by atoms with Crippen molar-refractivity contribution >= 4 is 27.5 Å². The quantitative estimate of drug-likeness (QED) is 0.356. The van der Waals surface area contributed by atoms with Crippen molar-refractivity contribution in [2.75, 3.05) is 44.7 Å². The summed E-state index contributed by atoms with van der Waals surface area (Å²) in [5, 5.41) is 5.41. The first-order valence-electron chi connectivity index (χ1n) is 14.3. The fourth-order valence-corrected chi connectivity index (χ4v) is 7.08. The molecule has 9 heteroatoms. The predicted octanol–water partition coefficient (Wildman–Crippen LogP) is 5.24. The molecule has 3 saturated heterocycles. The number of halogens is 2. The number of nitrogens with one attached hydrogen (secondary N) is 1. The van der Waals surface area contributed by atoms with Gasteiger partial charge in [-0.3, -0.25) is 9.88 Å². The van der Waals surface area contributed by atoms with Gasteiger partial charge in [0.25, 0.3) is 0 Å². The van der Waals surface area contributed by atoms with E-state index in [0.717, 1.165) is 50.8 Å². The summed E-state index contributed by atoms with van der Waals surface area (Å²) < 4.78 is 37.4. The van der Waals surface area contributed by atoms with Crippen LogP contribution in [0.1, 0.15) is 37.7 Å². The van der Waals surface area contributed by atoms with Crippen molar-refractivity contribution in [1.29, 1.82) is 0 Å². The lowest BCUT2D eigenvalue weighted by Gasteiger charge is -2.31. The van der Waals surface area contributed by atoms with Gasteiger partial charge in [0, 0.05) is 31.4 Å². The second kappa shape index (κ2) is 9.89. The summed E-state index contributed by atoms with van der Waals surface area (Å²) in [5.74, 6) is -0.277. The van der Waals surface area contributed by atoms with Crippen molar-refractivity contribution in [1.82, 2.24) is 25.2 Å². The van der Waals surface area contributed by atoms with Crippen molar-refractivity contribution in [3.05, 3.63) is 53.7 Å². The lowest BCUT2D eigenvalue weighted by Crippen LogP contribution is -2.43. The van der Waals surface area contributed by atoms with Gasteiger partial charge in [-0.25, -0.2) is 8.78 Å². The Morgan fingerprint density at radius 3 is 2.73 bits per heavy atom. The molecule has 208 valence electrons. The van der Waals surface area contributed by atoms with Crippen LogP contribution in [0.25, 0.3) is 32.9 Å². The monoisotopic (exact) mass is 544 g/mol. The molecule has 4 aromatic rings. The van der Waals surface area contributed by atoms with Crippen LogP contribution >= 0.6 is 0 Å². The summed E-state index contributed by atoms with van der Waals surface area (Å²) in [5.41, 5.74) is 1.33. The number of anilines is 1. The van der Waals surface area contributed by atoms with E-state index in [1.54, 1.807) is 25.3 Å². The number of benzene rings is 2. The Hall–Kier alpha value is -3.43. The first kappa shape index (κ1) is 25.5. The predicted molar refractivity (Wildman–Crippen MR) is 153 cm³/mol. The maximum Gasteiger partial charge on any atom is 0.319 e. The second-order valence-corrected chi connectivity index (χ2v) is 11.6. The first-order valence-corrected chi connectivity index (χ1v) is 14.3. The molecule has 0 saturated carbocycles. The molecule has 3 fully saturated rings. The molecule has 0 bridgehead atoms. The summed E-state index contributed by atoms with van der Waals surface area (Å²) in [6.45, 7) is 6.15. The van der Waals surface area contributed by atoms with Crippen LogP contribution in [0.5, 0.6) is 6.01 Å². The van der Waals surface area contributed by atoms with Crippen LogP contribution in [0, 0.1) is 18.6 Å². The van der Waals surface area contributed by atoms with Gasteiger partial charge in [-0.1, -0.05) is 24.3 Å². The summed E-state index contributed by atoms with van der Waals surface area (Å²) in [6, 6.07) is 9.09. The minimum absolute atomic E-state index is 0.0201. The van der Waals surface area contributed by atoms with Gasteiger partial charge >= 0.3 is 6.01 Å². The fraction of sp³-hybridized carbons (Fsp3) is 0.452. The Bertz CT molecular complexity index is 1590. The van der Waals surface area contributed by atoms with Gasteiger partial charge in [-0.05, 0) is 81.1 Å². The van der Waals surface area contributed by atoms with Crippen molar-refractivity contribution in [3.8, 4) is 17.3 Å². The van der Waals surface area contributed by atoms with Crippen molar-refractivity contribution in [2.45, 2.75) is 50.6 Å². The van der Waals surface area contributed by atoms with Gasteiger partial charge in [0.05, 0.1) is 10.9 Å². The van der Waals surface area contributed by atoms with E-state index in [4.69, 9.17) is 9.72 Å². The molecule has 0 aliphatic carbocycles. The van der Waals surface area contributed by atoms with Gasteiger partial charge in [-0.15, -0.1) is 0 Å². The minimum Gasteiger partial charge on any atom is -0.461 e. The molecule has 7 rings (SSSR count). The molecule has 7 nitrogen and oxygen atoms in total. The van der Waals surface area contributed by atoms with E-state index >= 15 is 4.39 Å². The highest BCUT2D eigenvalue weighted by atomic mass is 19.1. The number of nitrogens with zero attached hydrogens (tertiary/aromatic N) is 5. The van der Waals surface area contributed by atoms with E-state index in [1.165, 1.54) is 18.9 Å². The number of hydrogen-bond donors (Lipinski definition) is 1. The molecule has 3 aliphatic rings. The Kier molecular flexibility index (Phi) is 6.31. The average molecular weight is 545 g/mol. The van der Waals surface area contributed by atoms with E-state index in [2.05, 4.69) is 25.1 Å². The van der Waals surface area contributed by atoms with Gasteiger partial charge in [0.1, 0.15) is 29.5 Å². The third kappa shape index (κ3) is 4.09. The number of ether oxygens (including phenoxy) is 1. The molecule has 1 N–H and O–H groups in total. The van der Waals surface area contributed by atoms with Crippen molar-refractivity contribution in [3.63, 3.8) is 0 Å². The normalized spacial score (nSPS) is 20.4. The standard InChI is InChI=1S/C31H34F2N6O/c1-19-24(32)9-8-20-6-3-7-22(25(19)20)27-26(33)28-23(17-35-27)29(38(2)21-10-13-34-16-21)37-30(36-28)40-18-31-11-4-14-39(31)15-5-12-31/h3,6-9,17,21,34H,4-5,10-16,18H2,1-2H3. The van der Waals surface area contributed by atoms with Crippen LogP contribution in [-0.4, -0.2) is 71.3 Å². The van der Waals surface area contributed by atoms with Crippen LogP contribution in [0.3, 0.4) is 0 Å². The lowest BCUT2D eigenvalue weighted by molar-refractivity contribution is 0.108. The molecule has 1 atom stereocenters. The number of pyridine rings is 1. The highest BCUT2D eigenvalue weighted by Gasteiger charge is 2.45. The molecule has 0 amide bonds. The third-order valence-corrected chi connectivity index (χ3v) is 9.34. The van der Waals surface area contributed by atoms with Crippen LogP contribution in [0.4, 0.5) is 14.6 Å². The van der Waals surface area contributed by atoms with E-state index in [0.29, 0.717) is 34.3 Å². The molecule has 0 spiro atoms. The highest BCUT2D eigenvalue weighted by molar-refractivity contribution is 6.00. The van der Waals surface area contributed by atoms with E-state index in [9.17, 15) is 4.39 Å². The zero-order chi connectivity index (χ0) is 27.4. The maximum atomic E-state index is 16.5. The summed E-state index contributed by atoms with van der Waals surface area (Å²) in [4.78, 5) is 18.7.